The fourth-order valence-electron chi connectivity index (χ4n) is 3.89. The third-order valence-corrected chi connectivity index (χ3v) is 5.59. The van der Waals surface area contributed by atoms with Crippen LogP contribution in [-0.4, -0.2) is 22.8 Å². The topological polar surface area (TPSA) is 68.2 Å². The van der Waals surface area contributed by atoms with E-state index in [1.165, 1.54) is 36.5 Å². The van der Waals surface area contributed by atoms with E-state index in [0.717, 1.165) is 5.56 Å². The molecule has 0 bridgehead atoms. The number of fused-ring (bicyclic) bond motifs is 1. The number of nitrogens with one attached hydrogen (secondary N) is 2. The first-order valence-electron chi connectivity index (χ1n) is 10.6. The van der Waals surface area contributed by atoms with Crippen LogP contribution in [0.25, 0.3) is 5.70 Å². The molecule has 0 unspecified atom stereocenters. The van der Waals surface area contributed by atoms with Gasteiger partial charge in [0.15, 0.2) is 0 Å². The van der Waals surface area contributed by atoms with Crippen LogP contribution in [0, 0.1) is 11.6 Å². The number of hydrogen-bond acceptors (Lipinski definition) is 4. The number of benzene rings is 3. The van der Waals surface area contributed by atoms with Crippen LogP contribution < -0.4 is 15.4 Å². The number of carbonyl (C=O) groups is 1. The van der Waals surface area contributed by atoms with Crippen molar-refractivity contribution in [1.29, 1.82) is 0 Å². The first-order chi connectivity index (χ1) is 16.5. The van der Waals surface area contributed by atoms with E-state index < -0.39 is 17.8 Å². The van der Waals surface area contributed by atoms with E-state index in [-0.39, 0.29) is 11.4 Å². The summed E-state index contributed by atoms with van der Waals surface area (Å²) < 4.78 is 34.9. The van der Waals surface area contributed by atoms with Gasteiger partial charge in [-0.2, -0.15) is 5.10 Å². The van der Waals surface area contributed by atoms with Crippen molar-refractivity contribution in [3.8, 4) is 5.75 Å². The zero-order valence-corrected chi connectivity index (χ0v) is 18.1. The summed E-state index contributed by atoms with van der Waals surface area (Å²) in [5, 5.41) is 10.4. The number of allylic oxidation sites excluding steroid dienone is 1. The molecule has 0 fully saturated rings. The van der Waals surface area contributed by atoms with Gasteiger partial charge in [0.05, 0.1) is 13.3 Å². The molecule has 1 aliphatic rings. The van der Waals surface area contributed by atoms with Crippen LogP contribution in [0.4, 0.5) is 20.3 Å². The molecule has 6 nitrogen and oxygen atoms in total. The number of methoxy groups -OCH3 is 1. The van der Waals surface area contributed by atoms with E-state index in [2.05, 4.69) is 15.7 Å². The van der Waals surface area contributed by atoms with Crippen molar-refractivity contribution >= 4 is 23.1 Å². The molecular formula is C26H20F2N4O2. The lowest BCUT2D eigenvalue weighted by atomic mass is 10.0. The fraction of sp³-hybridized carbons (Fsp3) is 0.0769. The predicted molar refractivity (Wildman–Crippen MR) is 126 cm³/mol. The highest BCUT2D eigenvalue weighted by atomic mass is 19.1. The van der Waals surface area contributed by atoms with E-state index in [1.807, 2.05) is 30.3 Å². The average Bonchev–Trinajstić information content (AvgIpc) is 3.29. The number of carbonyl (C=O) groups excluding carboxylic acids is 1. The van der Waals surface area contributed by atoms with Crippen molar-refractivity contribution in [3.63, 3.8) is 0 Å². The summed E-state index contributed by atoms with van der Waals surface area (Å²) in [5.41, 5.74) is 2.60. The third-order valence-electron chi connectivity index (χ3n) is 5.59. The first-order valence-corrected chi connectivity index (χ1v) is 10.6. The fourth-order valence-corrected chi connectivity index (χ4v) is 3.89. The van der Waals surface area contributed by atoms with Crippen LogP contribution in [0.3, 0.4) is 0 Å². The summed E-state index contributed by atoms with van der Waals surface area (Å²) in [6, 6.07) is 18.8. The first kappa shape index (κ1) is 21.4. The van der Waals surface area contributed by atoms with Gasteiger partial charge in [-0.25, -0.2) is 13.5 Å². The molecule has 8 heteroatoms. The summed E-state index contributed by atoms with van der Waals surface area (Å²) in [5.74, 6) is -0.138. The molecule has 4 aromatic rings. The SMILES string of the molecule is COc1cccc(C2=C[C@H](c3ccccc3F)n3ncc(C(=O)Nc4ccc(F)cc4)c3N2)c1. The van der Waals surface area contributed by atoms with Gasteiger partial charge in [-0.1, -0.05) is 30.3 Å². The van der Waals surface area contributed by atoms with E-state index >= 15 is 0 Å². The second-order valence-corrected chi connectivity index (χ2v) is 7.72. The molecule has 0 saturated carbocycles. The van der Waals surface area contributed by atoms with Crippen molar-refractivity contribution < 1.29 is 18.3 Å². The summed E-state index contributed by atoms with van der Waals surface area (Å²) in [4.78, 5) is 13.1. The van der Waals surface area contributed by atoms with Gasteiger partial charge in [-0.05, 0) is 48.5 Å². The number of nitrogens with zero attached hydrogens (tertiary/aromatic N) is 2. The lowest BCUT2D eigenvalue weighted by Gasteiger charge is -2.26. The molecule has 2 N–H and O–H groups in total. The smallest absolute Gasteiger partial charge is 0.261 e. The number of ether oxygens (including phenoxy) is 1. The second-order valence-electron chi connectivity index (χ2n) is 7.72. The maximum absolute atomic E-state index is 14.8. The summed E-state index contributed by atoms with van der Waals surface area (Å²) >= 11 is 0. The van der Waals surface area contributed by atoms with Crippen molar-refractivity contribution in [2.75, 3.05) is 17.7 Å². The molecule has 1 aliphatic heterocycles. The predicted octanol–water partition coefficient (Wildman–Crippen LogP) is 5.48. The molecule has 3 aromatic carbocycles. The molecule has 0 radical (unpaired) electrons. The van der Waals surface area contributed by atoms with Crippen molar-refractivity contribution in [3.05, 3.63) is 113 Å². The van der Waals surface area contributed by atoms with E-state index in [4.69, 9.17) is 4.74 Å². The maximum Gasteiger partial charge on any atom is 0.261 e. The number of rotatable bonds is 5. The highest BCUT2D eigenvalue weighted by molar-refractivity contribution is 6.08. The van der Waals surface area contributed by atoms with Crippen LogP contribution in [0.2, 0.25) is 0 Å². The second kappa shape index (κ2) is 8.82. The van der Waals surface area contributed by atoms with Crippen LogP contribution >= 0.6 is 0 Å². The molecule has 2 heterocycles. The number of hydrogen-bond donors (Lipinski definition) is 2. The standard InChI is InChI=1S/C26H20F2N4O2/c1-34-19-6-4-5-16(13-19)23-14-24(20-7-2-3-8-22(20)28)32-25(31-23)21(15-29-32)26(33)30-18-11-9-17(27)10-12-18/h2-15,24,31H,1H3,(H,30,33)/t24-/m1/s1. The molecule has 1 amide bonds. The van der Waals surface area contributed by atoms with E-state index in [0.29, 0.717) is 28.5 Å². The molecule has 0 saturated heterocycles. The minimum absolute atomic E-state index is 0.263. The van der Waals surface area contributed by atoms with Gasteiger partial charge >= 0.3 is 0 Å². The van der Waals surface area contributed by atoms with Crippen LogP contribution in [0.5, 0.6) is 5.75 Å². The lowest BCUT2D eigenvalue weighted by molar-refractivity contribution is 0.102. The molecule has 34 heavy (non-hydrogen) atoms. The van der Waals surface area contributed by atoms with Gasteiger partial charge < -0.3 is 15.4 Å². The summed E-state index contributed by atoms with van der Waals surface area (Å²) in [6.45, 7) is 0. The Bertz CT molecular complexity index is 1400. The molecule has 170 valence electrons. The van der Waals surface area contributed by atoms with Crippen LogP contribution in [-0.2, 0) is 0 Å². The zero-order chi connectivity index (χ0) is 23.7. The monoisotopic (exact) mass is 458 g/mol. The van der Waals surface area contributed by atoms with Crippen LogP contribution in [0.1, 0.15) is 27.5 Å². The molecule has 1 atom stereocenters. The number of anilines is 2. The third kappa shape index (κ3) is 4.01. The van der Waals surface area contributed by atoms with Gasteiger partial charge in [-0.3, -0.25) is 4.79 Å². The Kier molecular flexibility index (Phi) is 5.55. The Balaban J connectivity index is 1.57. The van der Waals surface area contributed by atoms with Gasteiger partial charge in [0.1, 0.15) is 34.8 Å². The largest absolute Gasteiger partial charge is 0.497 e. The van der Waals surface area contributed by atoms with E-state index in [9.17, 15) is 13.6 Å². The van der Waals surface area contributed by atoms with Crippen molar-refractivity contribution in [2.24, 2.45) is 0 Å². The summed E-state index contributed by atoms with van der Waals surface area (Å²) in [7, 11) is 1.58. The molecule has 0 spiro atoms. The van der Waals surface area contributed by atoms with Gasteiger partial charge in [0.2, 0.25) is 0 Å². The van der Waals surface area contributed by atoms with Crippen LogP contribution in [0.15, 0.2) is 85.1 Å². The minimum atomic E-state index is -0.592. The normalized spacial score (nSPS) is 14.6. The molecule has 5 rings (SSSR count). The molecule has 1 aromatic heterocycles. The Morgan fingerprint density at radius 3 is 2.62 bits per heavy atom. The van der Waals surface area contributed by atoms with Crippen molar-refractivity contribution in [1.82, 2.24) is 9.78 Å². The van der Waals surface area contributed by atoms with Crippen molar-refractivity contribution in [2.45, 2.75) is 6.04 Å². The Morgan fingerprint density at radius 2 is 1.85 bits per heavy atom. The Labute approximate surface area is 194 Å². The zero-order valence-electron chi connectivity index (χ0n) is 18.1. The number of aromatic nitrogens is 2. The Morgan fingerprint density at radius 1 is 1.06 bits per heavy atom. The quantitative estimate of drug-likeness (QED) is 0.416. The lowest BCUT2D eigenvalue weighted by Crippen LogP contribution is -2.22. The number of amides is 1. The Hall–Kier alpha value is -4.46. The number of halogens is 2. The van der Waals surface area contributed by atoms with Gasteiger partial charge in [-0.15, -0.1) is 0 Å². The minimum Gasteiger partial charge on any atom is -0.497 e. The maximum atomic E-state index is 14.8. The average molecular weight is 458 g/mol. The molecule has 0 aliphatic carbocycles. The highest BCUT2D eigenvalue weighted by Gasteiger charge is 2.29. The van der Waals surface area contributed by atoms with Gasteiger partial charge in [0.25, 0.3) is 5.91 Å². The molecular weight excluding hydrogens is 438 g/mol. The van der Waals surface area contributed by atoms with Gasteiger partial charge in [0, 0.05) is 22.5 Å². The van der Waals surface area contributed by atoms with E-state index in [1.54, 1.807) is 30.0 Å². The summed E-state index contributed by atoms with van der Waals surface area (Å²) in [6.07, 6.45) is 3.28. The highest BCUT2D eigenvalue weighted by Crippen LogP contribution is 2.36.